The third kappa shape index (κ3) is 4.20. The Kier molecular flexibility index (Phi) is 5.78. The summed E-state index contributed by atoms with van der Waals surface area (Å²) in [5, 5.41) is 3.43. The largest absolute Gasteiger partial charge is 0.337 e. The van der Waals surface area contributed by atoms with E-state index in [2.05, 4.69) is 20.3 Å². The van der Waals surface area contributed by atoms with Crippen molar-refractivity contribution in [3.8, 4) is 0 Å². The van der Waals surface area contributed by atoms with E-state index >= 15 is 0 Å². The van der Waals surface area contributed by atoms with Crippen LogP contribution >= 0.6 is 22.9 Å². The van der Waals surface area contributed by atoms with E-state index in [1.807, 2.05) is 11.8 Å². The lowest BCUT2D eigenvalue weighted by Crippen LogP contribution is -2.28. The highest BCUT2D eigenvalue weighted by Crippen LogP contribution is 2.28. The summed E-state index contributed by atoms with van der Waals surface area (Å²) in [5.41, 5.74) is 4.12. The first-order chi connectivity index (χ1) is 14.4. The maximum atomic E-state index is 12.7. The number of hydrogen-bond acceptors (Lipinski definition) is 6. The highest BCUT2D eigenvalue weighted by molar-refractivity contribution is 7.11. The molecule has 0 spiro atoms. The van der Waals surface area contributed by atoms with Crippen LogP contribution in [0.15, 0.2) is 36.0 Å². The average Bonchev–Trinajstić information content (AvgIpc) is 3.38. The number of carbonyl (C=O) groups excluding carboxylic acids is 2. The summed E-state index contributed by atoms with van der Waals surface area (Å²) in [6.07, 6.45) is 2.35. The summed E-state index contributed by atoms with van der Waals surface area (Å²) in [7, 11) is 0. The summed E-state index contributed by atoms with van der Waals surface area (Å²) in [5.74, 6) is 0.444. The van der Waals surface area contributed by atoms with E-state index in [0.29, 0.717) is 45.8 Å². The van der Waals surface area contributed by atoms with Gasteiger partial charge in [-0.05, 0) is 44.5 Å². The molecule has 0 saturated carbocycles. The Hall–Kier alpha value is -2.84. The van der Waals surface area contributed by atoms with Crippen LogP contribution in [0, 0.1) is 13.8 Å². The first-order valence-corrected chi connectivity index (χ1v) is 10.8. The molecule has 1 fully saturated rings. The van der Waals surface area contributed by atoms with E-state index in [0.717, 1.165) is 12.1 Å². The number of halogens is 1. The lowest BCUT2D eigenvalue weighted by Gasteiger charge is -2.16. The van der Waals surface area contributed by atoms with E-state index in [-0.39, 0.29) is 17.7 Å². The van der Waals surface area contributed by atoms with E-state index in [9.17, 15) is 9.59 Å². The summed E-state index contributed by atoms with van der Waals surface area (Å²) in [6.45, 7) is 4.85. The molecule has 1 saturated heterocycles. The molecular formula is C21H20ClN5O2S. The van der Waals surface area contributed by atoms with Crippen molar-refractivity contribution in [2.45, 2.75) is 26.2 Å². The van der Waals surface area contributed by atoms with Crippen LogP contribution in [0.5, 0.6) is 0 Å². The Labute approximate surface area is 183 Å². The van der Waals surface area contributed by atoms with Crippen molar-refractivity contribution in [1.29, 1.82) is 0 Å². The zero-order chi connectivity index (χ0) is 21.3. The van der Waals surface area contributed by atoms with E-state index in [1.54, 1.807) is 42.9 Å². The molecule has 154 valence electrons. The molecule has 1 unspecified atom stereocenters. The zero-order valence-electron chi connectivity index (χ0n) is 16.6. The Bertz CT molecular complexity index is 1100. The molecule has 1 atom stereocenters. The lowest BCUT2D eigenvalue weighted by atomic mass is 10.1. The number of rotatable bonds is 4. The molecule has 0 bridgehead atoms. The van der Waals surface area contributed by atoms with Crippen molar-refractivity contribution in [3.05, 3.63) is 68.6 Å². The van der Waals surface area contributed by atoms with Gasteiger partial charge in [-0.3, -0.25) is 9.59 Å². The van der Waals surface area contributed by atoms with Crippen molar-refractivity contribution in [2.24, 2.45) is 0 Å². The quantitative estimate of drug-likeness (QED) is 0.658. The van der Waals surface area contributed by atoms with Gasteiger partial charge in [0.2, 0.25) is 0 Å². The number of anilines is 1. The number of thiazole rings is 1. The van der Waals surface area contributed by atoms with Gasteiger partial charge in [0.1, 0.15) is 10.7 Å². The van der Waals surface area contributed by atoms with Crippen LogP contribution in [0.3, 0.4) is 0 Å². The highest BCUT2D eigenvalue weighted by Gasteiger charge is 2.31. The Balaban J connectivity index is 1.44. The van der Waals surface area contributed by atoms with Crippen LogP contribution in [0.1, 0.15) is 49.6 Å². The first kappa shape index (κ1) is 20.4. The third-order valence-electron chi connectivity index (χ3n) is 5.13. The van der Waals surface area contributed by atoms with Gasteiger partial charge in [0, 0.05) is 35.9 Å². The fourth-order valence-electron chi connectivity index (χ4n) is 3.44. The van der Waals surface area contributed by atoms with Crippen molar-refractivity contribution in [3.63, 3.8) is 0 Å². The van der Waals surface area contributed by atoms with Crippen LogP contribution in [0.2, 0.25) is 5.02 Å². The van der Waals surface area contributed by atoms with Gasteiger partial charge in [0.05, 0.1) is 22.5 Å². The standard InChI is InChI=1S/C21H20ClN5O2S/c1-12-17(20(28)26-16-5-3-15(22)4-6-16)9-23-19(25-12)14-7-8-27(10-14)21(29)18-13(2)24-11-30-18/h3-6,9,11,14H,7-8,10H2,1-2H3,(H,26,28). The molecule has 1 aromatic carbocycles. The predicted molar refractivity (Wildman–Crippen MR) is 116 cm³/mol. The van der Waals surface area contributed by atoms with Gasteiger partial charge in [-0.1, -0.05) is 11.6 Å². The van der Waals surface area contributed by atoms with E-state index in [1.165, 1.54) is 11.3 Å². The van der Waals surface area contributed by atoms with Gasteiger partial charge in [-0.2, -0.15) is 0 Å². The second-order valence-corrected chi connectivity index (χ2v) is 8.48. The number of hydrogen-bond donors (Lipinski definition) is 1. The summed E-state index contributed by atoms with van der Waals surface area (Å²) in [6, 6.07) is 6.90. The molecule has 2 aromatic heterocycles. The second kappa shape index (κ2) is 8.49. The fourth-order valence-corrected chi connectivity index (χ4v) is 4.34. The summed E-state index contributed by atoms with van der Waals surface area (Å²) < 4.78 is 0. The Morgan fingerprint density at radius 1 is 1.17 bits per heavy atom. The molecule has 1 N–H and O–H groups in total. The number of nitrogens with zero attached hydrogens (tertiary/aromatic N) is 4. The fraction of sp³-hybridized carbons (Fsp3) is 0.286. The van der Waals surface area contributed by atoms with Crippen molar-refractivity contribution in [2.75, 3.05) is 18.4 Å². The Morgan fingerprint density at radius 3 is 2.60 bits per heavy atom. The molecule has 0 aliphatic carbocycles. The number of carbonyl (C=O) groups is 2. The molecule has 1 aliphatic rings. The molecule has 2 amide bonds. The van der Waals surface area contributed by atoms with Crippen LogP contribution in [0.4, 0.5) is 5.69 Å². The number of aryl methyl sites for hydroxylation is 2. The topological polar surface area (TPSA) is 88.1 Å². The summed E-state index contributed by atoms with van der Waals surface area (Å²) >= 11 is 7.24. The molecule has 4 rings (SSSR count). The first-order valence-electron chi connectivity index (χ1n) is 9.52. The van der Waals surface area contributed by atoms with Crippen molar-refractivity contribution < 1.29 is 9.59 Å². The third-order valence-corrected chi connectivity index (χ3v) is 6.29. The van der Waals surface area contributed by atoms with E-state index in [4.69, 9.17) is 11.6 Å². The summed E-state index contributed by atoms with van der Waals surface area (Å²) in [4.78, 5) is 40.9. The van der Waals surface area contributed by atoms with Crippen LogP contribution in [0.25, 0.3) is 0 Å². The minimum absolute atomic E-state index is 0.00758. The smallest absolute Gasteiger partial charge is 0.265 e. The molecule has 3 heterocycles. The normalized spacial score (nSPS) is 16.0. The van der Waals surface area contributed by atoms with Gasteiger partial charge in [-0.15, -0.1) is 11.3 Å². The van der Waals surface area contributed by atoms with Crippen LogP contribution in [-0.2, 0) is 0 Å². The predicted octanol–water partition coefficient (Wildman–Crippen LogP) is 4.09. The maximum absolute atomic E-state index is 12.7. The minimum Gasteiger partial charge on any atom is -0.337 e. The maximum Gasteiger partial charge on any atom is 0.265 e. The van der Waals surface area contributed by atoms with Gasteiger partial charge in [0.15, 0.2) is 0 Å². The lowest BCUT2D eigenvalue weighted by molar-refractivity contribution is 0.0794. The molecule has 30 heavy (non-hydrogen) atoms. The minimum atomic E-state index is -0.273. The molecule has 7 nitrogen and oxygen atoms in total. The molecule has 1 aliphatic heterocycles. The molecule has 3 aromatic rings. The number of benzene rings is 1. The van der Waals surface area contributed by atoms with Crippen LogP contribution in [-0.4, -0.2) is 44.8 Å². The number of amides is 2. The van der Waals surface area contributed by atoms with Gasteiger partial charge >= 0.3 is 0 Å². The molecular weight excluding hydrogens is 422 g/mol. The van der Waals surface area contributed by atoms with Gasteiger partial charge in [-0.25, -0.2) is 15.0 Å². The molecule has 9 heteroatoms. The highest BCUT2D eigenvalue weighted by atomic mass is 35.5. The van der Waals surface area contributed by atoms with Crippen LogP contribution < -0.4 is 5.32 Å². The average molecular weight is 442 g/mol. The SMILES string of the molecule is Cc1nc(C2CCN(C(=O)c3scnc3C)C2)ncc1C(=O)Nc1ccc(Cl)cc1. The number of likely N-dealkylation sites (tertiary alicyclic amines) is 1. The molecule has 0 radical (unpaired) electrons. The van der Waals surface area contributed by atoms with E-state index < -0.39 is 0 Å². The van der Waals surface area contributed by atoms with Gasteiger partial charge in [0.25, 0.3) is 11.8 Å². The monoisotopic (exact) mass is 441 g/mol. The van der Waals surface area contributed by atoms with Crippen molar-refractivity contribution in [1.82, 2.24) is 19.9 Å². The van der Waals surface area contributed by atoms with Crippen molar-refractivity contribution >= 4 is 40.4 Å². The Morgan fingerprint density at radius 2 is 1.93 bits per heavy atom. The number of nitrogens with one attached hydrogen (secondary N) is 1. The zero-order valence-corrected chi connectivity index (χ0v) is 18.1. The van der Waals surface area contributed by atoms with Gasteiger partial charge < -0.3 is 10.2 Å². The number of aromatic nitrogens is 3. The second-order valence-electron chi connectivity index (χ2n) is 7.19.